The van der Waals surface area contributed by atoms with Crippen molar-refractivity contribution in [1.82, 2.24) is 25.3 Å². The van der Waals surface area contributed by atoms with Crippen LogP contribution < -0.4 is 5.32 Å². The third-order valence-electron chi connectivity index (χ3n) is 5.71. The molecule has 8 heteroatoms. The lowest BCUT2D eigenvalue weighted by Crippen LogP contribution is -2.55. The maximum Gasteiger partial charge on any atom is 0.325 e. The normalized spacial score (nSPS) is 30.8. The Hall–Kier alpha value is -1.96. The van der Waals surface area contributed by atoms with Crippen LogP contribution in [0.15, 0.2) is 4.42 Å². The van der Waals surface area contributed by atoms with Gasteiger partial charge in [-0.15, -0.1) is 10.2 Å². The van der Waals surface area contributed by atoms with Gasteiger partial charge in [0.05, 0.1) is 6.54 Å². The molecule has 4 rings (SSSR count). The Balaban J connectivity index is 1.43. The summed E-state index contributed by atoms with van der Waals surface area (Å²) in [6.07, 6.45) is 4.19. The molecule has 1 aromatic rings. The Labute approximate surface area is 146 Å². The van der Waals surface area contributed by atoms with E-state index in [4.69, 9.17) is 4.42 Å². The van der Waals surface area contributed by atoms with Gasteiger partial charge in [-0.2, -0.15) is 0 Å². The number of nitrogens with one attached hydrogen (secondary N) is 1. The number of hydrogen-bond acceptors (Lipinski definition) is 6. The number of rotatable bonds is 5. The molecule has 3 heterocycles. The average molecular weight is 347 g/mol. The zero-order valence-corrected chi connectivity index (χ0v) is 14.8. The summed E-state index contributed by atoms with van der Waals surface area (Å²) < 4.78 is 5.76. The van der Waals surface area contributed by atoms with Crippen molar-refractivity contribution in [2.24, 2.45) is 5.92 Å². The van der Waals surface area contributed by atoms with Crippen LogP contribution in [0.3, 0.4) is 0 Å². The highest BCUT2D eigenvalue weighted by molar-refractivity contribution is 6.07. The van der Waals surface area contributed by atoms with Crippen molar-refractivity contribution in [2.45, 2.75) is 57.5 Å². The largest absolute Gasteiger partial charge is 0.424 e. The lowest BCUT2D eigenvalue weighted by Gasteiger charge is -2.39. The Morgan fingerprint density at radius 2 is 2.08 bits per heavy atom. The number of carbonyl (C=O) groups is 2. The molecule has 136 valence electrons. The summed E-state index contributed by atoms with van der Waals surface area (Å²) in [6.45, 7) is 6.36. The van der Waals surface area contributed by atoms with Crippen molar-refractivity contribution >= 4 is 11.9 Å². The van der Waals surface area contributed by atoms with Gasteiger partial charge >= 0.3 is 6.03 Å². The number of imide groups is 1. The number of aromatic nitrogens is 2. The predicted octanol–water partition coefficient (Wildman–Crippen LogP) is 1.49. The smallest absolute Gasteiger partial charge is 0.325 e. The van der Waals surface area contributed by atoms with Gasteiger partial charge in [0.15, 0.2) is 0 Å². The number of hydrogen-bond donors (Lipinski definition) is 1. The molecule has 3 fully saturated rings. The minimum Gasteiger partial charge on any atom is -0.424 e. The molecule has 3 aliphatic rings. The number of urea groups is 1. The molecule has 0 bridgehead atoms. The van der Waals surface area contributed by atoms with E-state index in [1.54, 1.807) is 0 Å². The van der Waals surface area contributed by atoms with Gasteiger partial charge in [-0.25, -0.2) is 4.79 Å². The zero-order valence-electron chi connectivity index (χ0n) is 14.8. The summed E-state index contributed by atoms with van der Waals surface area (Å²) in [7, 11) is 0. The minimum atomic E-state index is -0.820. The van der Waals surface area contributed by atoms with Crippen LogP contribution >= 0.6 is 0 Å². The van der Waals surface area contributed by atoms with E-state index in [0.717, 1.165) is 44.7 Å². The molecule has 2 aliphatic heterocycles. The molecule has 3 amide bonds. The summed E-state index contributed by atoms with van der Waals surface area (Å²) in [6, 6.07) is -0.280. The van der Waals surface area contributed by atoms with Crippen molar-refractivity contribution in [1.29, 1.82) is 0 Å². The highest BCUT2D eigenvalue weighted by atomic mass is 16.4. The quantitative estimate of drug-likeness (QED) is 0.812. The Bertz CT molecular complexity index is 686. The molecule has 0 aromatic carbocycles. The fourth-order valence-corrected chi connectivity index (χ4v) is 3.97. The van der Waals surface area contributed by atoms with Crippen molar-refractivity contribution in [3.8, 4) is 0 Å². The van der Waals surface area contributed by atoms with E-state index in [9.17, 15) is 9.59 Å². The number of likely N-dealkylation sites (N-methyl/N-ethyl adjacent to an activating group) is 1. The molecule has 0 unspecified atom stereocenters. The van der Waals surface area contributed by atoms with Crippen LogP contribution in [0.4, 0.5) is 4.79 Å². The van der Waals surface area contributed by atoms with Crippen LogP contribution in [0.1, 0.15) is 57.2 Å². The molecular weight excluding hydrogens is 322 g/mol. The first kappa shape index (κ1) is 16.5. The average Bonchev–Trinajstić information content (AvgIpc) is 3.30. The molecule has 1 N–H and O–H groups in total. The van der Waals surface area contributed by atoms with E-state index >= 15 is 0 Å². The van der Waals surface area contributed by atoms with Crippen LogP contribution in [0.2, 0.25) is 0 Å². The number of amides is 3. The Kier molecular flexibility index (Phi) is 4.02. The van der Waals surface area contributed by atoms with Crippen molar-refractivity contribution in [3.63, 3.8) is 0 Å². The van der Waals surface area contributed by atoms with Crippen LogP contribution in [0.5, 0.6) is 0 Å². The number of likely N-dealkylation sites (tertiary alicyclic amines) is 1. The van der Waals surface area contributed by atoms with Crippen LogP contribution in [-0.2, 0) is 11.3 Å². The fourth-order valence-electron chi connectivity index (χ4n) is 3.97. The van der Waals surface area contributed by atoms with E-state index < -0.39 is 5.54 Å². The first-order chi connectivity index (χ1) is 12.0. The van der Waals surface area contributed by atoms with Gasteiger partial charge in [-0.05, 0) is 46.1 Å². The van der Waals surface area contributed by atoms with Crippen molar-refractivity contribution in [2.75, 3.05) is 19.6 Å². The van der Waals surface area contributed by atoms with Gasteiger partial charge in [0.1, 0.15) is 5.54 Å². The second-order valence-electron chi connectivity index (χ2n) is 7.56. The Morgan fingerprint density at radius 3 is 2.76 bits per heavy atom. The van der Waals surface area contributed by atoms with Gasteiger partial charge in [0.2, 0.25) is 11.8 Å². The first-order valence-corrected chi connectivity index (χ1v) is 9.20. The topological polar surface area (TPSA) is 91.6 Å². The second kappa shape index (κ2) is 6.09. The maximum atomic E-state index is 12.7. The molecule has 25 heavy (non-hydrogen) atoms. The molecule has 2 atom stereocenters. The van der Waals surface area contributed by atoms with E-state index in [0.29, 0.717) is 24.9 Å². The van der Waals surface area contributed by atoms with Crippen molar-refractivity contribution in [3.05, 3.63) is 11.8 Å². The fraction of sp³-hybridized carbons (Fsp3) is 0.765. The second-order valence-corrected chi connectivity index (χ2v) is 7.56. The number of nitrogens with zero attached hydrogens (tertiary/aromatic N) is 4. The number of piperidine rings is 1. The van der Waals surface area contributed by atoms with Crippen LogP contribution in [0.25, 0.3) is 0 Å². The molecular formula is C17H25N5O3. The lowest BCUT2D eigenvalue weighted by molar-refractivity contribution is -0.133. The SMILES string of the molecule is CCN1C(=O)N[C@@](C)([C@H]2CCCN(Cc3nnc(C4CC4)o3)C2)C1=O. The third kappa shape index (κ3) is 2.92. The number of carbonyl (C=O) groups excluding carboxylic acids is 2. The van der Waals surface area contributed by atoms with Crippen LogP contribution in [-0.4, -0.2) is 57.1 Å². The van der Waals surface area contributed by atoms with E-state index in [1.165, 1.54) is 4.90 Å². The standard InChI is InChI=1S/C17H25N5O3/c1-3-22-15(23)17(2,18-16(22)24)12-5-4-8-21(9-12)10-13-19-20-14(25-13)11-6-7-11/h11-12H,3-10H2,1-2H3,(H,18,24)/t12-,17-/m0/s1. The molecule has 1 saturated carbocycles. The lowest BCUT2D eigenvalue weighted by atomic mass is 9.80. The zero-order chi connectivity index (χ0) is 17.6. The van der Waals surface area contributed by atoms with E-state index in [2.05, 4.69) is 20.4 Å². The highest BCUT2D eigenvalue weighted by Gasteiger charge is 2.52. The summed E-state index contributed by atoms with van der Waals surface area (Å²) in [5, 5.41) is 11.2. The molecule has 8 nitrogen and oxygen atoms in total. The van der Waals surface area contributed by atoms with Gasteiger partial charge in [-0.3, -0.25) is 14.6 Å². The molecule has 0 radical (unpaired) electrons. The monoisotopic (exact) mass is 347 g/mol. The van der Waals surface area contributed by atoms with Gasteiger partial charge in [-0.1, -0.05) is 0 Å². The molecule has 1 aliphatic carbocycles. The highest BCUT2D eigenvalue weighted by Crippen LogP contribution is 2.39. The summed E-state index contributed by atoms with van der Waals surface area (Å²) in [4.78, 5) is 28.3. The van der Waals surface area contributed by atoms with Gasteiger partial charge in [0.25, 0.3) is 5.91 Å². The summed E-state index contributed by atoms with van der Waals surface area (Å²) in [5.74, 6) is 1.83. The molecule has 2 saturated heterocycles. The van der Waals surface area contributed by atoms with E-state index in [1.807, 2.05) is 13.8 Å². The molecule has 0 spiro atoms. The van der Waals surface area contributed by atoms with Crippen molar-refractivity contribution < 1.29 is 14.0 Å². The summed E-state index contributed by atoms with van der Waals surface area (Å²) >= 11 is 0. The third-order valence-corrected chi connectivity index (χ3v) is 5.71. The van der Waals surface area contributed by atoms with Gasteiger partial charge < -0.3 is 9.73 Å². The van der Waals surface area contributed by atoms with Gasteiger partial charge in [0, 0.05) is 24.9 Å². The maximum absolute atomic E-state index is 12.7. The minimum absolute atomic E-state index is 0.0834. The van der Waals surface area contributed by atoms with Crippen LogP contribution in [0, 0.1) is 5.92 Å². The summed E-state index contributed by atoms with van der Waals surface area (Å²) in [5.41, 5.74) is -0.820. The first-order valence-electron chi connectivity index (χ1n) is 9.20. The predicted molar refractivity (Wildman–Crippen MR) is 88.6 cm³/mol. The van der Waals surface area contributed by atoms with E-state index in [-0.39, 0.29) is 17.9 Å². The Morgan fingerprint density at radius 1 is 1.28 bits per heavy atom. The molecule has 1 aromatic heterocycles.